The van der Waals surface area contributed by atoms with Gasteiger partial charge in [-0.2, -0.15) is 0 Å². The fraction of sp³-hybridized carbons (Fsp3) is 0.818. The molecule has 1 fully saturated rings. The van der Waals surface area contributed by atoms with Crippen molar-refractivity contribution in [2.75, 3.05) is 20.2 Å². The van der Waals surface area contributed by atoms with E-state index < -0.39 is 12.0 Å². The molecule has 0 aromatic rings. The smallest absolute Gasteiger partial charge is 0.320 e. The maximum absolute atomic E-state index is 11.1. The van der Waals surface area contributed by atoms with Gasteiger partial charge in [0, 0.05) is 13.0 Å². The number of piperidine rings is 1. The number of carboxylic acid groups (broad SMARTS) is 1. The summed E-state index contributed by atoms with van der Waals surface area (Å²) >= 11 is 0. The van der Waals surface area contributed by atoms with E-state index in [1.54, 1.807) is 6.92 Å². The average Bonchev–Trinajstić information content (AvgIpc) is 2.28. The van der Waals surface area contributed by atoms with Crippen LogP contribution >= 0.6 is 0 Å². The van der Waals surface area contributed by atoms with Crippen LogP contribution < -0.4 is 0 Å². The van der Waals surface area contributed by atoms with E-state index in [4.69, 9.17) is 5.11 Å². The van der Waals surface area contributed by atoms with Gasteiger partial charge < -0.3 is 9.84 Å². The van der Waals surface area contributed by atoms with Gasteiger partial charge in [0.1, 0.15) is 6.04 Å². The minimum absolute atomic E-state index is 0.213. The van der Waals surface area contributed by atoms with Gasteiger partial charge in [0.2, 0.25) is 0 Å². The summed E-state index contributed by atoms with van der Waals surface area (Å²) in [4.78, 5) is 23.9. The van der Waals surface area contributed by atoms with E-state index >= 15 is 0 Å². The summed E-state index contributed by atoms with van der Waals surface area (Å²) in [6.45, 7) is 3.15. The van der Waals surface area contributed by atoms with Crippen molar-refractivity contribution in [1.29, 1.82) is 0 Å². The van der Waals surface area contributed by atoms with Gasteiger partial charge in [-0.1, -0.05) is 0 Å². The monoisotopic (exact) mass is 229 g/mol. The minimum atomic E-state index is -0.807. The Bertz CT molecular complexity index is 267. The summed E-state index contributed by atoms with van der Waals surface area (Å²) in [6.07, 6.45) is 2.30. The van der Waals surface area contributed by atoms with Gasteiger partial charge in [-0.15, -0.1) is 0 Å². The maximum atomic E-state index is 11.1. The molecule has 0 radical (unpaired) electrons. The Morgan fingerprint density at radius 2 is 2.25 bits per heavy atom. The molecule has 5 nitrogen and oxygen atoms in total. The molecule has 92 valence electrons. The van der Waals surface area contributed by atoms with Crippen molar-refractivity contribution in [2.45, 2.75) is 32.2 Å². The zero-order valence-corrected chi connectivity index (χ0v) is 9.81. The fourth-order valence-corrected chi connectivity index (χ4v) is 2.09. The Labute approximate surface area is 95.4 Å². The molecule has 0 amide bonds. The molecule has 1 N–H and O–H groups in total. The quantitative estimate of drug-likeness (QED) is 0.720. The first-order valence-corrected chi connectivity index (χ1v) is 5.58. The molecule has 1 saturated heterocycles. The van der Waals surface area contributed by atoms with Gasteiger partial charge >= 0.3 is 11.9 Å². The molecule has 0 aliphatic carbocycles. The molecular formula is C11H19NO4. The predicted molar refractivity (Wildman–Crippen MR) is 58.0 cm³/mol. The molecule has 0 saturated carbocycles. The predicted octanol–water partition coefficient (Wildman–Crippen LogP) is 0.735. The fourth-order valence-electron chi connectivity index (χ4n) is 2.09. The molecule has 5 heteroatoms. The van der Waals surface area contributed by atoms with Gasteiger partial charge in [-0.25, -0.2) is 0 Å². The Hall–Kier alpha value is -1.10. The molecule has 0 bridgehead atoms. The number of rotatable bonds is 4. The topological polar surface area (TPSA) is 66.8 Å². The average molecular weight is 229 g/mol. The third-order valence-corrected chi connectivity index (χ3v) is 3.14. The SMILES string of the molecule is COC(=O)CC1CCCN(C(C)C(=O)O)C1. The van der Waals surface area contributed by atoms with Gasteiger partial charge in [0.05, 0.1) is 7.11 Å². The summed E-state index contributed by atoms with van der Waals surface area (Å²) < 4.78 is 4.62. The zero-order chi connectivity index (χ0) is 12.1. The zero-order valence-electron chi connectivity index (χ0n) is 9.81. The van der Waals surface area contributed by atoms with E-state index in [9.17, 15) is 9.59 Å². The van der Waals surface area contributed by atoms with Crippen LogP contribution in [0.5, 0.6) is 0 Å². The number of aliphatic carboxylic acids is 1. The Morgan fingerprint density at radius 3 is 2.81 bits per heavy atom. The molecule has 1 heterocycles. The van der Waals surface area contributed by atoms with Crippen LogP contribution in [0, 0.1) is 5.92 Å². The van der Waals surface area contributed by atoms with Gasteiger partial charge in [-0.3, -0.25) is 14.5 Å². The van der Waals surface area contributed by atoms with Crippen molar-refractivity contribution in [1.82, 2.24) is 4.90 Å². The molecule has 1 aliphatic heterocycles. The molecule has 0 aromatic heterocycles. The number of esters is 1. The lowest BCUT2D eigenvalue weighted by Gasteiger charge is -2.34. The molecule has 16 heavy (non-hydrogen) atoms. The van der Waals surface area contributed by atoms with Gasteiger partial charge in [0.25, 0.3) is 0 Å². The van der Waals surface area contributed by atoms with Crippen LogP contribution in [-0.2, 0) is 14.3 Å². The summed E-state index contributed by atoms with van der Waals surface area (Å²) in [5.41, 5.74) is 0. The molecule has 1 rings (SSSR count). The van der Waals surface area contributed by atoms with Gasteiger partial charge in [0.15, 0.2) is 0 Å². The van der Waals surface area contributed by atoms with Crippen LogP contribution in [-0.4, -0.2) is 48.2 Å². The van der Waals surface area contributed by atoms with Crippen LogP contribution in [0.2, 0.25) is 0 Å². The van der Waals surface area contributed by atoms with E-state index in [-0.39, 0.29) is 11.9 Å². The number of hydrogen-bond acceptors (Lipinski definition) is 4. The van der Waals surface area contributed by atoms with Crippen LogP contribution in [0.4, 0.5) is 0 Å². The molecule has 0 aromatic carbocycles. The summed E-state index contributed by atoms with van der Waals surface area (Å²) in [6, 6.07) is -0.472. The number of carbonyl (C=O) groups is 2. The molecule has 0 spiro atoms. The van der Waals surface area contributed by atoms with E-state index in [2.05, 4.69) is 4.74 Å². The van der Waals surface area contributed by atoms with Crippen LogP contribution in [0.15, 0.2) is 0 Å². The second-order valence-corrected chi connectivity index (χ2v) is 4.30. The normalized spacial score (nSPS) is 23.8. The molecule has 1 aliphatic rings. The van der Waals surface area contributed by atoms with Crippen LogP contribution in [0.3, 0.4) is 0 Å². The largest absolute Gasteiger partial charge is 0.480 e. The second kappa shape index (κ2) is 5.84. The number of nitrogens with zero attached hydrogens (tertiary/aromatic N) is 1. The highest BCUT2D eigenvalue weighted by Crippen LogP contribution is 2.21. The number of carbonyl (C=O) groups excluding carboxylic acids is 1. The highest BCUT2D eigenvalue weighted by molar-refractivity contribution is 5.73. The number of ether oxygens (including phenoxy) is 1. The number of methoxy groups -OCH3 is 1. The Morgan fingerprint density at radius 1 is 1.56 bits per heavy atom. The lowest BCUT2D eigenvalue weighted by atomic mass is 9.94. The number of carboxylic acids is 1. The Balaban J connectivity index is 2.47. The summed E-state index contributed by atoms with van der Waals surface area (Å²) in [5.74, 6) is -0.795. The van der Waals surface area contributed by atoms with Crippen LogP contribution in [0.25, 0.3) is 0 Å². The number of hydrogen-bond donors (Lipinski definition) is 1. The second-order valence-electron chi connectivity index (χ2n) is 4.30. The Kier molecular flexibility index (Phi) is 4.73. The minimum Gasteiger partial charge on any atom is -0.480 e. The van der Waals surface area contributed by atoms with Crippen molar-refractivity contribution in [2.24, 2.45) is 5.92 Å². The number of likely N-dealkylation sites (tertiary alicyclic amines) is 1. The van der Waals surface area contributed by atoms with Crippen molar-refractivity contribution in [3.63, 3.8) is 0 Å². The first-order valence-electron chi connectivity index (χ1n) is 5.58. The lowest BCUT2D eigenvalue weighted by molar-refractivity contribution is -0.144. The molecular weight excluding hydrogens is 210 g/mol. The third-order valence-electron chi connectivity index (χ3n) is 3.14. The van der Waals surface area contributed by atoms with E-state index in [0.717, 1.165) is 19.4 Å². The third kappa shape index (κ3) is 3.48. The molecule has 2 atom stereocenters. The van der Waals surface area contributed by atoms with Crippen molar-refractivity contribution in [3.8, 4) is 0 Å². The van der Waals surface area contributed by atoms with Gasteiger partial charge in [-0.05, 0) is 32.2 Å². The maximum Gasteiger partial charge on any atom is 0.320 e. The first kappa shape index (κ1) is 13.0. The highest BCUT2D eigenvalue weighted by atomic mass is 16.5. The van der Waals surface area contributed by atoms with Crippen molar-refractivity contribution in [3.05, 3.63) is 0 Å². The summed E-state index contributed by atoms with van der Waals surface area (Å²) in [7, 11) is 1.38. The molecule has 2 unspecified atom stereocenters. The van der Waals surface area contributed by atoms with E-state index in [0.29, 0.717) is 13.0 Å². The highest BCUT2D eigenvalue weighted by Gasteiger charge is 2.28. The van der Waals surface area contributed by atoms with Crippen molar-refractivity contribution >= 4 is 11.9 Å². The van der Waals surface area contributed by atoms with E-state index in [1.807, 2.05) is 4.90 Å². The van der Waals surface area contributed by atoms with E-state index in [1.165, 1.54) is 7.11 Å². The first-order chi connectivity index (χ1) is 7.54. The lowest BCUT2D eigenvalue weighted by Crippen LogP contribution is -2.45. The summed E-state index contributed by atoms with van der Waals surface area (Å²) in [5, 5.41) is 8.92. The standard InChI is InChI=1S/C11H19NO4/c1-8(11(14)15)12-5-3-4-9(7-12)6-10(13)16-2/h8-9H,3-7H2,1-2H3,(H,14,15). The van der Waals surface area contributed by atoms with Crippen molar-refractivity contribution < 1.29 is 19.4 Å². The van der Waals surface area contributed by atoms with Crippen LogP contribution in [0.1, 0.15) is 26.2 Å².